The van der Waals surface area contributed by atoms with Gasteiger partial charge in [0.15, 0.2) is 0 Å². The third kappa shape index (κ3) is 4.77. The maximum Gasteiger partial charge on any atom is 0.0431 e. The lowest BCUT2D eigenvalue weighted by Gasteiger charge is -2.11. The first kappa shape index (κ1) is 9.92. The van der Waals surface area contributed by atoms with Crippen molar-refractivity contribution in [2.75, 3.05) is 13.2 Å². The molecule has 0 amide bonds. The predicted molar refractivity (Wildman–Crippen MR) is 43.8 cm³/mol. The molecule has 0 bridgehead atoms. The molecule has 0 aromatic carbocycles. The van der Waals surface area contributed by atoms with Gasteiger partial charge in [-0.05, 0) is 31.7 Å². The highest BCUT2D eigenvalue weighted by atomic mass is 16.2. The van der Waals surface area contributed by atoms with Crippen LogP contribution >= 0.6 is 0 Å². The second-order valence-corrected chi connectivity index (χ2v) is 2.72. The topological polar surface area (TPSA) is 46.2 Å². The van der Waals surface area contributed by atoms with Crippen molar-refractivity contribution in [2.45, 2.75) is 32.6 Å². The highest BCUT2D eigenvalue weighted by Crippen LogP contribution is 2.13. The first-order valence-electron chi connectivity index (χ1n) is 4.16. The van der Waals surface area contributed by atoms with E-state index >= 15 is 0 Å². The van der Waals surface area contributed by atoms with Crippen LogP contribution in [0, 0.1) is 5.92 Å². The normalized spacial score (nSPS) is 13.5. The lowest BCUT2D eigenvalue weighted by Crippen LogP contribution is -2.08. The van der Waals surface area contributed by atoms with E-state index in [4.69, 9.17) is 10.8 Å². The Hall–Kier alpha value is -0.0800. The number of aliphatic hydroxyl groups excluding tert-OH is 1. The molecule has 1 unspecified atom stereocenters. The number of aliphatic hydroxyl groups is 1. The van der Waals surface area contributed by atoms with E-state index in [9.17, 15) is 0 Å². The van der Waals surface area contributed by atoms with E-state index in [0.717, 1.165) is 31.7 Å². The third-order valence-electron chi connectivity index (χ3n) is 1.92. The molecule has 0 aliphatic carbocycles. The van der Waals surface area contributed by atoms with Crippen molar-refractivity contribution >= 4 is 0 Å². The molecule has 2 nitrogen and oxygen atoms in total. The lowest BCUT2D eigenvalue weighted by molar-refractivity contribution is 0.267. The minimum atomic E-state index is 0.321. The summed E-state index contributed by atoms with van der Waals surface area (Å²) in [7, 11) is 0. The largest absolute Gasteiger partial charge is 0.396 e. The van der Waals surface area contributed by atoms with Crippen LogP contribution in [0.3, 0.4) is 0 Å². The number of hydrogen-bond donors (Lipinski definition) is 2. The van der Waals surface area contributed by atoms with Crippen LogP contribution in [0.15, 0.2) is 0 Å². The smallest absolute Gasteiger partial charge is 0.0431 e. The first-order chi connectivity index (χ1) is 4.85. The summed E-state index contributed by atoms with van der Waals surface area (Å²) < 4.78 is 0. The average Bonchev–Trinajstić information content (AvgIpc) is 1.98. The van der Waals surface area contributed by atoms with Crippen molar-refractivity contribution in [2.24, 2.45) is 11.7 Å². The second kappa shape index (κ2) is 7.03. The number of hydrogen-bond acceptors (Lipinski definition) is 2. The predicted octanol–water partition coefficient (Wildman–Crippen LogP) is 1.13. The van der Waals surface area contributed by atoms with Gasteiger partial charge in [0.05, 0.1) is 0 Å². The lowest BCUT2D eigenvalue weighted by atomic mass is 9.97. The van der Waals surface area contributed by atoms with E-state index in [0.29, 0.717) is 6.61 Å². The third-order valence-corrected chi connectivity index (χ3v) is 1.92. The molecule has 3 N–H and O–H groups in total. The fourth-order valence-electron chi connectivity index (χ4n) is 1.17. The van der Waals surface area contributed by atoms with Gasteiger partial charge in [-0.15, -0.1) is 0 Å². The minimum absolute atomic E-state index is 0.321. The molecule has 0 saturated carbocycles. The summed E-state index contributed by atoms with van der Waals surface area (Å²) in [5, 5.41) is 8.55. The molecule has 0 saturated heterocycles. The van der Waals surface area contributed by atoms with Gasteiger partial charge in [-0.3, -0.25) is 0 Å². The van der Waals surface area contributed by atoms with Crippen LogP contribution in [-0.4, -0.2) is 18.3 Å². The van der Waals surface area contributed by atoms with Crippen molar-refractivity contribution in [3.8, 4) is 0 Å². The van der Waals surface area contributed by atoms with Crippen LogP contribution in [0.2, 0.25) is 0 Å². The van der Waals surface area contributed by atoms with Crippen molar-refractivity contribution < 1.29 is 5.11 Å². The molecule has 2 heteroatoms. The summed E-state index contributed by atoms with van der Waals surface area (Å²) in [5.74, 6) is 0.733. The summed E-state index contributed by atoms with van der Waals surface area (Å²) >= 11 is 0. The highest BCUT2D eigenvalue weighted by molar-refractivity contribution is 4.57. The molecule has 0 heterocycles. The Balaban J connectivity index is 3.21. The Morgan fingerprint density at radius 3 is 2.50 bits per heavy atom. The van der Waals surface area contributed by atoms with E-state index in [1.165, 1.54) is 6.42 Å². The van der Waals surface area contributed by atoms with Gasteiger partial charge in [0.25, 0.3) is 0 Å². The van der Waals surface area contributed by atoms with Crippen molar-refractivity contribution in [1.82, 2.24) is 0 Å². The van der Waals surface area contributed by atoms with Crippen molar-refractivity contribution in [1.29, 1.82) is 0 Å². The molecule has 0 rings (SSSR count). The molecule has 0 aromatic heterocycles. The Kier molecular flexibility index (Phi) is 6.98. The molecule has 0 aliphatic rings. The van der Waals surface area contributed by atoms with Gasteiger partial charge in [0.2, 0.25) is 0 Å². The molecule has 1 atom stereocenters. The quantitative estimate of drug-likeness (QED) is 0.588. The molecule has 0 aromatic rings. The monoisotopic (exact) mass is 145 g/mol. The maximum atomic E-state index is 8.55. The molecule has 0 radical (unpaired) electrons. The average molecular weight is 145 g/mol. The SMILES string of the molecule is CCC(CCN)CCCO. The maximum absolute atomic E-state index is 8.55. The van der Waals surface area contributed by atoms with E-state index in [-0.39, 0.29) is 0 Å². The number of nitrogens with two attached hydrogens (primary N) is 1. The van der Waals surface area contributed by atoms with Crippen LogP contribution in [0.25, 0.3) is 0 Å². The summed E-state index contributed by atoms with van der Waals surface area (Å²) in [6, 6.07) is 0. The molecule has 0 fully saturated rings. The Labute approximate surface area is 63.4 Å². The molecule has 0 spiro atoms. The zero-order valence-electron chi connectivity index (χ0n) is 6.84. The van der Waals surface area contributed by atoms with Gasteiger partial charge in [-0.1, -0.05) is 13.3 Å². The van der Waals surface area contributed by atoms with Gasteiger partial charge < -0.3 is 10.8 Å². The first-order valence-corrected chi connectivity index (χ1v) is 4.16. The Morgan fingerprint density at radius 2 is 2.10 bits per heavy atom. The molecule has 62 valence electrons. The van der Waals surface area contributed by atoms with Gasteiger partial charge in [0, 0.05) is 6.61 Å². The number of rotatable bonds is 6. The van der Waals surface area contributed by atoms with E-state index < -0.39 is 0 Å². The van der Waals surface area contributed by atoms with E-state index in [1.807, 2.05) is 0 Å². The fraction of sp³-hybridized carbons (Fsp3) is 1.00. The van der Waals surface area contributed by atoms with Crippen LogP contribution in [0.5, 0.6) is 0 Å². The van der Waals surface area contributed by atoms with Gasteiger partial charge in [-0.25, -0.2) is 0 Å². The zero-order chi connectivity index (χ0) is 7.82. The Bertz CT molecular complexity index is 66.3. The Morgan fingerprint density at radius 1 is 1.40 bits per heavy atom. The summed E-state index contributed by atoms with van der Waals surface area (Å²) in [4.78, 5) is 0. The molecular formula is C8H19NO. The molecule has 0 aliphatic heterocycles. The van der Waals surface area contributed by atoms with Crippen LogP contribution in [-0.2, 0) is 0 Å². The van der Waals surface area contributed by atoms with Crippen molar-refractivity contribution in [3.63, 3.8) is 0 Å². The van der Waals surface area contributed by atoms with Crippen molar-refractivity contribution in [3.05, 3.63) is 0 Å². The summed E-state index contributed by atoms with van der Waals surface area (Å²) in [6.07, 6.45) is 4.36. The second-order valence-electron chi connectivity index (χ2n) is 2.72. The zero-order valence-corrected chi connectivity index (χ0v) is 6.84. The fourth-order valence-corrected chi connectivity index (χ4v) is 1.17. The van der Waals surface area contributed by atoms with Gasteiger partial charge >= 0.3 is 0 Å². The summed E-state index contributed by atoms with van der Waals surface area (Å²) in [5.41, 5.74) is 5.41. The standard InChI is InChI=1S/C8H19NO/c1-2-8(5-6-9)4-3-7-10/h8,10H,2-7,9H2,1H3. The molecular weight excluding hydrogens is 126 g/mol. The molecule has 10 heavy (non-hydrogen) atoms. The van der Waals surface area contributed by atoms with Gasteiger partial charge in [-0.2, -0.15) is 0 Å². The minimum Gasteiger partial charge on any atom is -0.396 e. The van der Waals surface area contributed by atoms with Crippen LogP contribution in [0.4, 0.5) is 0 Å². The summed E-state index contributed by atoms with van der Waals surface area (Å²) in [6.45, 7) is 3.28. The van der Waals surface area contributed by atoms with Crippen LogP contribution < -0.4 is 5.73 Å². The van der Waals surface area contributed by atoms with E-state index in [1.54, 1.807) is 0 Å². The van der Waals surface area contributed by atoms with Gasteiger partial charge in [0.1, 0.15) is 0 Å². The highest BCUT2D eigenvalue weighted by Gasteiger charge is 2.02. The van der Waals surface area contributed by atoms with E-state index in [2.05, 4.69) is 6.92 Å². The van der Waals surface area contributed by atoms with Crippen LogP contribution in [0.1, 0.15) is 32.6 Å².